The maximum atomic E-state index is 5.93. The summed E-state index contributed by atoms with van der Waals surface area (Å²) in [4.78, 5) is 0. The molecular weight excluding hydrogens is 328 g/mol. The van der Waals surface area contributed by atoms with Gasteiger partial charge in [0, 0.05) is 26.1 Å². The van der Waals surface area contributed by atoms with Gasteiger partial charge in [-0.1, -0.05) is 12.1 Å². The zero-order valence-corrected chi connectivity index (χ0v) is 15.5. The lowest BCUT2D eigenvalue weighted by Crippen LogP contribution is -2.25. The van der Waals surface area contributed by atoms with Crippen LogP contribution >= 0.6 is 0 Å². The fourth-order valence-corrected chi connectivity index (χ4v) is 3.69. The van der Waals surface area contributed by atoms with Crippen molar-refractivity contribution in [2.45, 2.75) is 52.1 Å². The van der Waals surface area contributed by atoms with Crippen molar-refractivity contribution in [3.63, 3.8) is 0 Å². The quantitative estimate of drug-likeness (QED) is 0.778. The summed E-state index contributed by atoms with van der Waals surface area (Å²) < 4.78 is 23.1. The minimum Gasteiger partial charge on any atom is -0.465 e. The average molecular weight is 354 g/mol. The van der Waals surface area contributed by atoms with Gasteiger partial charge in [0.05, 0.1) is 0 Å². The second-order valence-electron chi connectivity index (χ2n) is 6.73. The third-order valence-corrected chi connectivity index (χ3v) is 4.98. The molecular formula is C22H26O4. The van der Waals surface area contributed by atoms with Crippen LogP contribution in [0.5, 0.6) is 11.5 Å². The Balaban J connectivity index is 1.54. The van der Waals surface area contributed by atoms with Crippen LogP contribution < -0.4 is 9.47 Å². The van der Waals surface area contributed by atoms with Crippen molar-refractivity contribution in [1.29, 1.82) is 0 Å². The van der Waals surface area contributed by atoms with Crippen molar-refractivity contribution >= 4 is 0 Å². The van der Waals surface area contributed by atoms with Gasteiger partial charge in [0.2, 0.25) is 0 Å². The molecule has 4 heteroatoms. The minimum absolute atomic E-state index is 0.113. The summed E-state index contributed by atoms with van der Waals surface area (Å²) in [6, 6.07) is 12.9. The standard InChI is InChI=1S/C22H26O4/c1-3-23-21-11-7-17-13-15(5-9-19(17)25-21)16-6-10-20-18(14-16)8-12-22(26-20)24-4-2/h5-6,9-10,13-14,21-22H,3-4,7-8,11-12H2,1-2H3. The van der Waals surface area contributed by atoms with Gasteiger partial charge in [0.1, 0.15) is 11.5 Å². The summed E-state index contributed by atoms with van der Waals surface area (Å²) >= 11 is 0. The Hall–Kier alpha value is -2.04. The lowest BCUT2D eigenvalue weighted by atomic mass is 9.95. The highest BCUT2D eigenvalue weighted by Gasteiger charge is 2.22. The Kier molecular flexibility index (Phi) is 5.14. The van der Waals surface area contributed by atoms with E-state index in [1.54, 1.807) is 0 Å². The summed E-state index contributed by atoms with van der Waals surface area (Å²) in [5.74, 6) is 1.89. The van der Waals surface area contributed by atoms with Gasteiger partial charge in [0.25, 0.3) is 0 Å². The van der Waals surface area contributed by atoms with Gasteiger partial charge in [0.15, 0.2) is 12.6 Å². The van der Waals surface area contributed by atoms with Crippen LogP contribution in [-0.4, -0.2) is 25.8 Å². The zero-order valence-electron chi connectivity index (χ0n) is 15.5. The summed E-state index contributed by atoms with van der Waals surface area (Å²) in [6.07, 6.45) is 3.55. The van der Waals surface area contributed by atoms with Crippen LogP contribution in [0.4, 0.5) is 0 Å². The lowest BCUT2D eigenvalue weighted by Gasteiger charge is -2.27. The Morgan fingerprint density at radius 1 is 0.769 bits per heavy atom. The second-order valence-corrected chi connectivity index (χ2v) is 6.73. The normalized spacial score (nSPS) is 21.3. The van der Waals surface area contributed by atoms with Gasteiger partial charge in [-0.2, -0.15) is 0 Å². The predicted molar refractivity (Wildman–Crippen MR) is 101 cm³/mol. The SMILES string of the molecule is CCOC1CCc2cc(-c3ccc4c(c3)CCC(OCC)O4)ccc2O1. The number of benzene rings is 2. The molecule has 0 amide bonds. The third kappa shape index (κ3) is 3.57. The van der Waals surface area contributed by atoms with Crippen molar-refractivity contribution < 1.29 is 18.9 Å². The molecule has 0 fully saturated rings. The van der Waals surface area contributed by atoms with E-state index in [4.69, 9.17) is 18.9 Å². The molecule has 0 N–H and O–H groups in total. The van der Waals surface area contributed by atoms with Crippen LogP contribution in [0.2, 0.25) is 0 Å². The average Bonchev–Trinajstić information content (AvgIpc) is 2.68. The second kappa shape index (κ2) is 7.68. The first-order chi connectivity index (χ1) is 12.8. The van der Waals surface area contributed by atoms with Crippen LogP contribution in [0.3, 0.4) is 0 Å². The number of hydrogen-bond acceptors (Lipinski definition) is 4. The van der Waals surface area contributed by atoms with Gasteiger partial charge in [-0.25, -0.2) is 0 Å². The largest absolute Gasteiger partial charge is 0.465 e. The first-order valence-corrected chi connectivity index (χ1v) is 9.59. The molecule has 2 atom stereocenters. The smallest absolute Gasteiger partial charge is 0.200 e. The van der Waals surface area contributed by atoms with Gasteiger partial charge >= 0.3 is 0 Å². The number of rotatable bonds is 5. The summed E-state index contributed by atoms with van der Waals surface area (Å²) in [5, 5.41) is 0. The van der Waals surface area contributed by atoms with Crippen molar-refractivity contribution in [1.82, 2.24) is 0 Å². The molecule has 26 heavy (non-hydrogen) atoms. The molecule has 0 saturated carbocycles. The molecule has 2 aliphatic rings. The van der Waals surface area contributed by atoms with Gasteiger partial charge in [-0.3, -0.25) is 0 Å². The molecule has 0 spiro atoms. The molecule has 0 radical (unpaired) electrons. The molecule has 0 aromatic heterocycles. The highest BCUT2D eigenvalue weighted by molar-refractivity contribution is 5.68. The van der Waals surface area contributed by atoms with E-state index in [1.165, 1.54) is 22.3 Å². The third-order valence-electron chi connectivity index (χ3n) is 4.98. The van der Waals surface area contributed by atoms with Gasteiger partial charge < -0.3 is 18.9 Å². The number of fused-ring (bicyclic) bond motifs is 2. The van der Waals surface area contributed by atoms with E-state index in [1.807, 2.05) is 13.8 Å². The predicted octanol–water partition coefficient (Wildman–Crippen LogP) is 4.73. The molecule has 2 unspecified atom stereocenters. The van der Waals surface area contributed by atoms with Crippen molar-refractivity contribution in [3.05, 3.63) is 47.5 Å². The van der Waals surface area contributed by atoms with Crippen molar-refractivity contribution in [3.8, 4) is 22.6 Å². The first-order valence-electron chi connectivity index (χ1n) is 9.59. The molecule has 4 rings (SSSR count). The highest BCUT2D eigenvalue weighted by Crippen LogP contribution is 2.35. The molecule has 0 aliphatic carbocycles. The van der Waals surface area contributed by atoms with Gasteiger partial charge in [-0.15, -0.1) is 0 Å². The fourth-order valence-electron chi connectivity index (χ4n) is 3.69. The van der Waals surface area contributed by atoms with Crippen LogP contribution in [0.25, 0.3) is 11.1 Å². The Labute approximate surface area is 155 Å². The number of hydrogen-bond donors (Lipinski definition) is 0. The highest BCUT2D eigenvalue weighted by atomic mass is 16.7. The van der Waals surface area contributed by atoms with E-state index in [2.05, 4.69) is 36.4 Å². The maximum absolute atomic E-state index is 5.93. The minimum atomic E-state index is -0.113. The van der Waals surface area contributed by atoms with E-state index >= 15 is 0 Å². The molecule has 2 heterocycles. The zero-order chi connectivity index (χ0) is 17.9. The van der Waals surface area contributed by atoms with E-state index in [-0.39, 0.29) is 12.6 Å². The van der Waals surface area contributed by atoms with Gasteiger partial charge in [-0.05, 0) is 73.2 Å². The monoisotopic (exact) mass is 354 g/mol. The first kappa shape index (κ1) is 17.4. The molecule has 0 bridgehead atoms. The summed E-state index contributed by atoms with van der Waals surface area (Å²) in [5.41, 5.74) is 4.95. The van der Waals surface area contributed by atoms with E-state index in [9.17, 15) is 0 Å². The van der Waals surface area contributed by atoms with Crippen LogP contribution in [0.15, 0.2) is 36.4 Å². The van der Waals surface area contributed by atoms with E-state index < -0.39 is 0 Å². The van der Waals surface area contributed by atoms with E-state index in [0.29, 0.717) is 13.2 Å². The fraction of sp³-hybridized carbons (Fsp3) is 0.455. The lowest BCUT2D eigenvalue weighted by molar-refractivity contribution is -0.0864. The summed E-state index contributed by atoms with van der Waals surface area (Å²) in [6.45, 7) is 5.36. The summed E-state index contributed by atoms with van der Waals surface area (Å²) in [7, 11) is 0. The number of aryl methyl sites for hydroxylation is 2. The Morgan fingerprint density at radius 2 is 1.23 bits per heavy atom. The molecule has 4 nitrogen and oxygen atoms in total. The Morgan fingerprint density at radius 3 is 1.65 bits per heavy atom. The molecule has 2 aromatic rings. The number of ether oxygens (including phenoxy) is 4. The van der Waals surface area contributed by atoms with Crippen molar-refractivity contribution in [2.24, 2.45) is 0 Å². The molecule has 2 aromatic carbocycles. The van der Waals surface area contributed by atoms with E-state index in [0.717, 1.165) is 37.2 Å². The Bertz CT molecular complexity index is 705. The topological polar surface area (TPSA) is 36.9 Å². The van der Waals surface area contributed by atoms with Crippen LogP contribution in [-0.2, 0) is 22.3 Å². The van der Waals surface area contributed by atoms with Crippen LogP contribution in [0, 0.1) is 0 Å². The molecule has 2 aliphatic heterocycles. The van der Waals surface area contributed by atoms with Crippen LogP contribution in [0.1, 0.15) is 37.8 Å². The maximum Gasteiger partial charge on any atom is 0.200 e. The van der Waals surface area contributed by atoms with Crippen molar-refractivity contribution in [2.75, 3.05) is 13.2 Å². The molecule has 138 valence electrons. The molecule has 0 saturated heterocycles.